The van der Waals surface area contributed by atoms with Gasteiger partial charge in [0.15, 0.2) is 0 Å². The highest BCUT2D eigenvalue weighted by atomic mass is 35.5. The third kappa shape index (κ3) is 3.97. The summed E-state index contributed by atoms with van der Waals surface area (Å²) in [6.45, 7) is 5.73. The molecule has 0 aromatic heterocycles. The first kappa shape index (κ1) is 17.0. The topological polar surface area (TPSA) is 41.1 Å². The largest absolute Gasteiger partial charge is 0.355 e. The molecule has 0 unspecified atom stereocenters. The van der Waals surface area contributed by atoms with Crippen LogP contribution in [-0.2, 0) is 10.2 Å². The highest BCUT2D eigenvalue weighted by Crippen LogP contribution is 2.32. The zero-order chi connectivity index (χ0) is 15.0. The van der Waals surface area contributed by atoms with E-state index in [9.17, 15) is 4.79 Å². The molecule has 20 heavy (non-hydrogen) atoms. The molecule has 0 heterocycles. The molecule has 0 radical (unpaired) electrons. The molecule has 0 aliphatic rings. The van der Waals surface area contributed by atoms with Crippen molar-refractivity contribution in [2.45, 2.75) is 38.5 Å². The Morgan fingerprint density at radius 3 is 2.25 bits per heavy atom. The molecule has 4 heteroatoms. The lowest BCUT2D eigenvalue weighted by Gasteiger charge is -2.31. The van der Waals surface area contributed by atoms with Crippen LogP contribution in [0.4, 0.5) is 0 Å². The van der Waals surface area contributed by atoms with Crippen LogP contribution in [0.1, 0.15) is 38.7 Å². The molecule has 2 N–H and O–H groups in total. The summed E-state index contributed by atoms with van der Waals surface area (Å²) < 4.78 is 0. The lowest BCUT2D eigenvalue weighted by Crippen LogP contribution is -2.44. The van der Waals surface area contributed by atoms with Gasteiger partial charge < -0.3 is 10.6 Å². The first-order valence-electron chi connectivity index (χ1n) is 7.29. The fraction of sp³-hybridized carbons (Fsp3) is 0.562. The Labute approximate surface area is 127 Å². The number of carbonyl (C=O) groups is 1. The van der Waals surface area contributed by atoms with E-state index in [0.717, 1.165) is 31.4 Å². The number of halogens is 1. The second kappa shape index (κ2) is 8.28. The van der Waals surface area contributed by atoms with Gasteiger partial charge >= 0.3 is 0 Å². The van der Waals surface area contributed by atoms with Crippen LogP contribution in [0.15, 0.2) is 24.3 Å². The molecule has 0 atom stereocenters. The predicted octanol–water partition coefficient (Wildman–Crippen LogP) is 3.12. The second-order valence-corrected chi connectivity index (χ2v) is 5.45. The van der Waals surface area contributed by atoms with Gasteiger partial charge in [0, 0.05) is 11.6 Å². The third-order valence-electron chi connectivity index (χ3n) is 3.93. The van der Waals surface area contributed by atoms with Crippen LogP contribution in [0.25, 0.3) is 0 Å². The number of rotatable bonds is 8. The summed E-state index contributed by atoms with van der Waals surface area (Å²) in [7, 11) is 1.91. The van der Waals surface area contributed by atoms with E-state index < -0.39 is 5.41 Å². The number of hydrogen-bond acceptors (Lipinski definition) is 2. The molecule has 0 fully saturated rings. The zero-order valence-electron chi connectivity index (χ0n) is 12.6. The lowest BCUT2D eigenvalue weighted by molar-refractivity contribution is -0.127. The Morgan fingerprint density at radius 2 is 1.75 bits per heavy atom. The molecule has 1 aromatic carbocycles. The Kier molecular flexibility index (Phi) is 7.03. The minimum atomic E-state index is -0.454. The number of carbonyl (C=O) groups excluding carboxylic acids is 1. The van der Waals surface area contributed by atoms with Crippen LogP contribution in [0.3, 0.4) is 0 Å². The van der Waals surface area contributed by atoms with E-state index in [1.807, 2.05) is 31.3 Å². The highest BCUT2D eigenvalue weighted by molar-refractivity contribution is 6.30. The van der Waals surface area contributed by atoms with E-state index in [1.54, 1.807) is 0 Å². The van der Waals surface area contributed by atoms with Crippen molar-refractivity contribution in [1.29, 1.82) is 0 Å². The molecular weight excluding hydrogens is 272 g/mol. The standard InChI is InChI=1S/C16H25ClN2O/c1-4-16(5-2,13-7-9-14(17)10-8-13)15(20)19-12-6-11-18-3/h7-10,18H,4-6,11-12H2,1-3H3,(H,19,20). The number of hydrogen-bond donors (Lipinski definition) is 2. The lowest BCUT2D eigenvalue weighted by atomic mass is 9.75. The van der Waals surface area contributed by atoms with Crippen molar-refractivity contribution in [3.8, 4) is 0 Å². The van der Waals surface area contributed by atoms with Crippen LogP contribution >= 0.6 is 11.6 Å². The molecule has 0 spiro atoms. The van der Waals surface area contributed by atoms with Crippen LogP contribution in [-0.4, -0.2) is 26.0 Å². The molecular formula is C16H25ClN2O. The number of benzene rings is 1. The summed E-state index contributed by atoms with van der Waals surface area (Å²) >= 11 is 5.94. The van der Waals surface area contributed by atoms with Gasteiger partial charge in [0.05, 0.1) is 5.41 Å². The quantitative estimate of drug-likeness (QED) is 0.724. The maximum Gasteiger partial charge on any atom is 0.230 e. The summed E-state index contributed by atoms with van der Waals surface area (Å²) in [5, 5.41) is 6.84. The smallest absolute Gasteiger partial charge is 0.230 e. The van der Waals surface area contributed by atoms with Crippen molar-refractivity contribution in [3.05, 3.63) is 34.9 Å². The first-order valence-corrected chi connectivity index (χ1v) is 7.67. The minimum absolute atomic E-state index is 0.112. The predicted molar refractivity (Wildman–Crippen MR) is 85.3 cm³/mol. The first-order chi connectivity index (χ1) is 9.60. The molecule has 1 amide bonds. The Bertz CT molecular complexity index is 413. The average molecular weight is 297 g/mol. The summed E-state index contributed by atoms with van der Waals surface area (Å²) in [6.07, 6.45) is 2.50. The maximum atomic E-state index is 12.6. The second-order valence-electron chi connectivity index (χ2n) is 5.01. The number of amides is 1. The van der Waals surface area contributed by atoms with Gasteiger partial charge in [-0.2, -0.15) is 0 Å². The minimum Gasteiger partial charge on any atom is -0.355 e. The van der Waals surface area contributed by atoms with Crippen LogP contribution in [0.2, 0.25) is 5.02 Å². The van der Waals surface area contributed by atoms with Gasteiger partial charge in [0.2, 0.25) is 5.91 Å². The fourth-order valence-electron chi connectivity index (χ4n) is 2.52. The molecule has 1 rings (SSSR count). The monoisotopic (exact) mass is 296 g/mol. The molecule has 0 bridgehead atoms. The third-order valence-corrected chi connectivity index (χ3v) is 4.18. The molecule has 112 valence electrons. The van der Waals surface area contributed by atoms with Crippen molar-refractivity contribution in [1.82, 2.24) is 10.6 Å². The molecule has 0 saturated heterocycles. The van der Waals surface area contributed by atoms with E-state index in [2.05, 4.69) is 24.5 Å². The normalized spacial score (nSPS) is 11.4. The van der Waals surface area contributed by atoms with Gasteiger partial charge in [0.1, 0.15) is 0 Å². The van der Waals surface area contributed by atoms with E-state index in [0.29, 0.717) is 11.6 Å². The molecule has 1 aromatic rings. The van der Waals surface area contributed by atoms with Gasteiger partial charge in [-0.05, 0) is 50.6 Å². The van der Waals surface area contributed by atoms with E-state index in [4.69, 9.17) is 11.6 Å². The van der Waals surface area contributed by atoms with Crippen LogP contribution in [0.5, 0.6) is 0 Å². The van der Waals surface area contributed by atoms with Gasteiger partial charge in [-0.15, -0.1) is 0 Å². The summed E-state index contributed by atoms with van der Waals surface area (Å²) in [4.78, 5) is 12.6. The SMILES string of the molecule is CCC(CC)(C(=O)NCCCNC)c1ccc(Cl)cc1. The van der Waals surface area contributed by atoms with Gasteiger partial charge in [-0.3, -0.25) is 4.79 Å². The van der Waals surface area contributed by atoms with Gasteiger partial charge in [-0.1, -0.05) is 37.6 Å². The molecule has 3 nitrogen and oxygen atoms in total. The Morgan fingerprint density at radius 1 is 1.15 bits per heavy atom. The summed E-state index contributed by atoms with van der Waals surface area (Å²) in [6, 6.07) is 7.63. The van der Waals surface area contributed by atoms with Crippen LogP contribution in [0, 0.1) is 0 Å². The average Bonchev–Trinajstić information content (AvgIpc) is 2.47. The number of nitrogens with one attached hydrogen (secondary N) is 2. The van der Waals surface area contributed by atoms with Gasteiger partial charge in [0.25, 0.3) is 0 Å². The van der Waals surface area contributed by atoms with Gasteiger partial charge in [-0.25, -0.2) is 0 Å². The van der Waals surface area contributed by atoms with Crippen molar-refractivity contribution in [2.75, 3.05) is 20.1 Å². The Balaban J connectivity index is 2.85. The fourth-order valence-corrected chi connectivity index (χ4v) is 2.64. The van der Waals surface area contributed by atoms with E-state index in [-0.39, 0.29) is 5.91 Å². The Hall–Kier alpha value is -1.06. The summed E-state index contributed by atoms with van der Waals surface area (Å²) in [5.41, 5.74) is 0.586. The molecule has 0 aliphatic carbocycles. The van der Waals surface area contributed by atoms with Crippen molar-refractivity contribution in [3.63, 3.8) is 0 Å². The molecule has 0 aliphatic heterocycles. The summed E-state index contributed by atoms with van der Waals surface area (Å²) in [5.74, 6) is 0.112. The van der Waals surface area contributed by atoms with E-state index >= 15 is 0 Å². The highest BCUT2D eigenvalue weighted by Gasteiger charge is 2.36. The van der Waals surface area contributed by atoms with Crippen LogP contribution < -0.4 is 10.6 Å². The zero-order valence-corrected chi connectivity index (χ0v) is 13.4. The van der Waals surface area contributed by atoms with E-state index in [1.165, 1.54) is 0 Å². The van der Waals surface area contributed by atoms with Crippen molar-refractivity contribution >= 4 is 17.5 Å². The van der Waals surface area contributed by atoms with Crippen molar-refractivity contribution < 1.29 is 4.79 Å². The maximum absolute atomic E-state index is 12.6. The molecule has 0 saturated carbocycles. The van der Waals surface area contributed by atoms with Crippen molar-refractivity contribution in [2.24, 2.45) is 0 Å².